The highest BCUT2D eigenvalue weighted by Gasteiger charge is 2.08. The molecule has 0 saturated heterocycles. The van der Waals surface area contributed by atoms with Crippen molar-refractivity contribution in [2.45, 2.75) is 27.2 Å². The summed E-state index contributed by atoms with van der Waals surface area (Å²) >= 11 is 0. The number of carboxylic acid groups (broad SMARTS) is 1. The van der Waals surface area contributed by atoms with Gasteiger partial charge in [-0.05, 0) is 50.1 Å². The Morgan fingerprint density at radius 1 is 1.23 bits per heavy atom. The summed E-state index contributed by atoms with van der Waals surface area (Å²) in [4.78, 5) is 28.7. The van der Waals surface area contributed by atoms with Crippen molar-refractivity contribution in [1.29, 1.82) is 0 Å². The van der Waals surface area contributed by atoms with Crippen LogP contribution in [0.15, 0.2) is 30.6 Å². The molecule has 0 bridgehead atoms. The van der Waals surface area contributed by atoms with Crippen LogP contribution >= 0.6 is 0 Å². The van der Waals surface area contributed by atoms with Crippen LogP contribution in [0.1, 0.15) is 22.5 Å². The zero-order chi connectivity index (χ0) is 16.5. The van der Waals surface area contributed by atoms with E-state index in [-0.39, 0.29) is 18.8 Å². The lowest BCUT2D eigenvalue weighted by Crippen LogP contribution is -2.16. The van der Waals surface area contributed by atoms with Crippen LogP contribution in [0.3, 0.4) is 0 Å². The molecule has 22 heavy (non-hydrogen) atoms. The van der Waals surface area contributed by atoms with Crippen molar-refractivity contribution in [3.63, 3.8) is 0 Å². The fraction of sp³-hybridized carbons (Fsp3) is 0.250. The fourth-order valence-electron chi connectivity index (χ4n) is 1.83. The lowest BCUT2D eigenvalue weighted by Gasteiger charge is -2.09. The summed E-state index contributed by atoms with van der Waals surface area (Å²) in [5.74, 6) is -0.0631. The van der Waals surface area contributed by atoms with E-state index in [1.165, 1.54) is 0 Å². The number of rotatable bonds is 3. The molecule has 6 nitrogen and oxygen atoms in total. The second kappa shape index (κ2) is 8.51. The molecule has 0 spiro atoms. The van der Waals surface area contributed by atoms with Crippen molar-refractivity contribution >= 4 is 18.1 Å². The van der Waals surface area contributed by atoms with E-state index in [2.05, 4.69) is 15.3 Å². The number of carbonyl (C=O) groups excluding carboxylic acids is 1. The molecule has 2 N–H and O–H groups in total. The van der Waals surface area contributed by atoms with Crippen molar-refractivity contribution < 1.29 is 14.7 Å². The minimum atomic E-state index is -0.250. The Bertz CT molecular complexity index is 657. The number of hydrogen-bond acceptors (Lipinski definition) is 4. The van der Waals surface area contributed by atoms with Crippen molar-refractivity contribution in [3.8, 4) is 0 Å². The largest absolute Gasteiger partial charge is 0.483 e. The van der Waals surface area contributed by atoms with Gasteiger partial charge in [0, 0.05) is 29.5 Å². The van der Waals surface area contributed by atoms with E-state index < -0.39 is 0 Å². The van der Waals surface area contributed by atoms with Gasteiger partial charge in [0.05, 0.1) is 6.42 Å². The van der Waals surface area contributed by atoms with Crippen LogP contribution in [0.2, 0.25) is 0 Å². The Kier molecular flexibility index (Phi) is 6.69. The highest BCUT2D eigenvalue weighted by molar-refractivity contribution is 5.92. The number of carbonyl (C=O) groups is 2. The Morgan fingerprint density at radius 3 is 2.50 bits per heavy atom. The minimum absolute atomic E-state index is 0.0631. The third kappa shape index (κ3) is 5.32. The number of nitrogens with zero attached hydrogens (tertiary/aromatic N) is 2. The van der Waals surface area contributed by atoms with E-state index in [1.807, 2.05) is 39.0 Å². The minimum Gasteiger partial charge on any atom is -0.483 e. The highest BCUT2D eigenvalue weighted by Crippen LogP contribution is 2.16. The van der Waals surface area contributed by atoms with E-state index in [0.29, 0.717) is 0 Å². The molecule has 116 valence electrons. The standard InChI is InChI=1S/C15H17N3O.CH2O2/c1-10-4-6-17-13(8-10)9-15(19)18-14-5-7-16-12(3)11(14)2;2-1-3/h4-8H,9H2,1-3H3,(H,16,18,19);1H,(H,2,3). The molecule has 2 aromatic heterocycles. The summed E-state index contributed by atoms with van der Waals surface area (Å²) in [5, 5.41) is 9.79. The molecule has 2 aromatic rings. The molecular weight excluding hydrogens is 282 g/mol. The second-order valence-electron chi connectivity index (χ2n) is 4.72. The number of nitrogens with one attached hydrogen (secondary N) is 1. The third-order valence-electron chi connectivity index (χ3n) is 3.04. The average molecular weight is 301 g/mol. The highest BCUT2D eigenvalue weighted by atomic mass is 16.3. The van der Waals surface area contributed by atoms with E-state index in [9.17, 15) is 4.79 Å². The predicted octanol–water partition coefficient (Wildman–Crippen LogP) is 2.28. The number of hydrogen-bond donors (Lipinski definition) is 2. The van der Waals surface area contributed by atoms with Crippen LogP contribution in [-0.4, -0.2) is 27.5 Å². The van der Waals surface area contributed by atoms with Gasteiger partial charge in [0.25, 0.3) is 6.47 Å². The topological polar surface area (TPSA) is 92.2 Å². The molecule has 0 aliphatic rings. The van der Waals surface area contributed by atoms with Gasteiger partial charge in [-0.25, -0.2) is 0 Å². The number of aryl methyl sites for hydroxylation is 2. The lowest BCUT2D eigenvalue weighted by molar-refractivity contribution is -0.123. The quantitative estimate of drug-likeness (QED) is 0.849. The van der Waals surface area contributed by atoms with E-state index in [1.54, 1.807) is 12.4 Å². The van der Waals surface area contributed by atoms with Crippen LogP contribution in [0.25, 0.3) is 0 Å². The summed E-state index contributed by atoms with van der Waals surface area (Å²) in [6.45, 7) is 5.61. The summed E-state index contributed by atoms with van der Waals surface area (Å²) in [6.07, 6.45) is 3.70. The molecule has 2 heterocycles. The zero-order valence-corrected chi connectivity index (χ0v) is 12.8. The summed E-state index contributed by atoms with van der Waals surface area (Å²) in [6, 6.07) is 5.64. The van der Waals surface area contributed by atoms with Crippen LogP contribution < -0.4 is 5.32 Å². The van der Waals surface area contributed by atoms with Crippen molar-refractivity contribution in [2.75, 3.05) is 5.32 Å². The van der Waals surface area contributed by atoms with Gasteiger partial charge in [0.2, 0.25) is 5.91 Å². The molecule has 6 heteroatoms. The van der Waals surface area contributed by atoms with E-state index in [0.717, 1.165) is 28.2 Å². The first-order chi connectivity index (χ1) is 10.5. The van der Waals surface area contributed by atoms with E-state index in [4.69, 9.17) is 9.90 Å². The Labute approximate surface area is 129 Å². The van der Waals surface area contributed by atoms with Gasteiger partial charge >= 0.3 is 0 Å². The average Bonchev–Trinajstić information content (AvgIpc) is 2.45. The molecule has 0 aromatic carbocycles. The van der Waals surface area contributed by atoms with Gasteiger partial charge in [0.15, 0.2) is 0 Å². The fourth-order valence-corrected chi connectivity index (χ4v) is 1.83. The van der Waals surface area contributed by atoms with Gasteiger partial charge in [-0.1, -0.05) is 0 Å². The third-order valence-corrected chi connectivity index (χ3v) is 3.04. The van der Waals surface area contributed by atoms with Gasteiger partial charge in [-0.2, -0.15) is 0 Å². The molecule has 0 atom stereocenters. The van der Waals surface area contributed by atoms with Crippen LogP contribution in [0.4, 0.5) is 5.69 Å². The zero-order valence-electron chi connectivity index (χ0n) is 12.8. The monoisotopic (exact) mass is 301 g/mol. The first kappa shape index (κ1) is 17.3. The molecule has 0 aliphatic carbocycles. The summed E-state index contributed by atoms with van der Waals surface area (Å²) in [7, 11) is 0. The lowest BCUT2D eigenvalue weighted by atomic mass is 10.1. The van der Waals surface area contributed by atoms with Crippen molar-refractivity contribution in [1.82, 2.24) is 9.97 Å². The molecule has 0 saturated carbocycles. The van der Waals surface area contributed by atoms with Crippen molar-refractivity contribution in [3.05, 3.63) is 53.1 Å². The molecule has 0 radical (unpaired) electrons. The number of aromatic nitrogens is 2. The predicted molar refractivity (Wildman–Crippen MR) is 83.7 cm³/mol. The second-order valence-corrected chi connectivity index (χ2v) is 4.72. The molecule has 0 unspecified atom stereocenters. The van der Waals surface area contributed by atoms with Crippen LogP contribution in [0.5, 0.6) is 0 Å². The Balaban J connectivity index is 0.000000745. The SMILES string of the molecule is Cc1ccnc(CC(=O)Nc2ccnc(C)c2C)c1.O=CO. The first-order valence-electron chi connectivity index (χ1n) is 6.69. The smallest absolute Gasteiger partial charge is 0.290 e. The number of pyridine rings is 2. The molecule has 0 fully saturated rings. The van der Waals surface area contributed by atoms with E-state index >= 15 is 0 Å². The van der Waals surface area contributed by atoms with Gasteiger partial charge in [-0.15, -0.1) is 0 Å². The molecule has 2 rings (SSSR count). The summed E-state index contributed by atoms with van der Waals surface area (Å²) in [5.41, 5.74) is 4.61. The maximum absolute atomic E-state index is 12.0. The number of anilines is 1. The van der Waals surface area contributed by atoms with Gasteiger partial charge in [0.1, 0.15) is 0 Å². The summed E-state index contributed by atoms with van der Waals surface area (Å²) < 4.78 is 0. The molecule has 0 aliphatic heterocycles. The van der Waals surface area contributed by atoms with Crippen molar-refractivity contribution in [2.24, 2.45) is 0 Å². The maximum atomic E-state index is 12.0. The Morgan fingerprint density at radius 2 is 1.86 bits per heavy atom. The normalized spacial score (nSPS) is 9.41. The Hall–Kier alpha value is -2.76. The van der Waals surface area contributed by atoms with Gasteiger partial charge < -0.3 is 10.4 Å². The number of amides is 1. The molecule has 1 amide bonds. The maximum Gasteiger partial charge on any atom is 0.290 e. The first-order valence-corrected chi connectivity index (χ1v) is 6.69. The van der Waals surface area contributed by atoms with Gasteiger partial charge in [-0.3, -0.25) is 19.6 Å². The molecular formula is C16H19N3O3. The van der Waals surface area contributed by atoms with Crippen LogP contribution in [0, 0.1) is 20.8 Å². The van der Waals surface area contributed by atoms with Crippen LogP contribution in [-0.2, 0) is 16.0 Å².